The first-order valence-electron chi connectivity index (χ1n) is 5.45. The average Bonchev–Trinajstić information content (AvgIpc) is 2.39. The predicted octanol–water partition coefficient (Wildman–Crippen LogP) is 1.51. The summed E-state index contributed by atoms with van der Waals surface area (Å²) in [5, 5.41) is 0.256. The number of nitrogens with zero attached hydrogens (tertiary/aromatic N) is 4. The van der Waals surface area contributed by atoms with Crippen LogP contribution in [-0.2, 0) is 4.74 Å². The van der Waals surface area contributed by atoms with Crippen molar-refractivity contribution >= 4 is 28.5 Å². The molecule has 0 spiro atoms. The number of hydrogen-bond acceptors (Lipinski definition) is 5. The number of rotatable bonds is 1. The number of pyridine rings is 1. The number of ether oxygens (including phenoxy) is 1. The quantitative estimate of drug-likeness (QED) is 0.718. The van der Waals surface area contributed by atoms with Crippen LogP contribution in [0.15, 0.2) is 18.3 Å². The van der Waals surface area contributed by atoms with Gasteiger partial charge in [0.2, 0.25) is 5.28 Å². The molecule has 17 heavy (non-hydrogen) atoms. The summed E-state index contributed by atoms with van der Waals surface area (Å²) in [4.78, 5) is 14.9. The lowest BCUT2D eigenvalue weighted by molar-refractivity contribution is 0.122. The Labute approximate surface area is 103 Å². The summed E-state index contributed by atoms with van der Waals surface area (Å²) < 4.78 is 5.33. The Morgan fingerprint density at radius 3 is 2.88 bits per heavy atom. The van der Waals surface area contributed by atoms with Crippen LogP contribution in [-0.4, -0.2) is 41.3 Å². The highest BCUT2D eigenvalue weighted by Gasteiger charge is 2.17. The van der Waals surface area contributed by atoms with E-state index in [4.69, 9.17) is 16.3 Å². The first kappa shape index (κ1) is 10.7. The third-order valence-electron chi connectivity index (χ3n) is 2.72. The van der Waals surface area contributed by atoms with Crippen molar-refractivity contribution in [2.45, 2.75) is 0 Å². The fraction of sp³-hybridized carbons (Fsp3) is 0.364. The van der Waals surface area contributed by atoms with Gasteiger partial charge in [-0.2, -0.15) is 4.98 Å². The van der Waals surface area contributed by atoms with Crippen LogP contribution in [0.3, 0.4) is 0 Å². The van der Waals surface area contributed by atoms with Gasteiger partial charge < -0.3 is 9.64 Å². The molecule has 3 rings (SSSR count). The molecule has 0 atom stereocenters. The second-order valence-electron chi connectivity index (χ2n) is 3.79. The van der Waals surface area contributed by atoms with E-state index in [0.717, 1.165) is 29.9 Å². The molecule has 0 saturated carbocycles. The second kappa shape index (κ2) is 4.43. The van der Waals surface area contributed by atoms with Gasteiger partial charge in [0, 0.05) is 19.3 Å². The maximum Gasteiger partial charge on any atom is 0.225 e. The van der Waals surface area contributed by atoms with E-state index in [9.17, 15) is 0 Å². The maximum atomic E-state index is 5.94. The van der Waals surface area contributed by atoms with E-state index < -0.39 is 0 Å². The number of halogens is 1. The molecule has 0 unspecified atom stereocenters. The normalized spacial score (nSPS) is 16.4. The lowest BCUT2D eigenvalue weighted by Crippen LogP contribution is -2.37. The smallest absolute Gasteiger partial charge is 0.225 e. The molecule has 2 aromatic heterocycles. The van der Waals surface area contributed by atoms with E-state index in [2.05, 4.69) is 19.9 Å². The summed E-state index contributed by atoms with van der Waals surface area (Å²) in [7, 11) is 0. The molecular formula is C11H11ClN4O. The highest BCUT2D eigenvalue weighted by atomic mass is 35.5. The van der Waals surface area contributed by atoms with Crippen molar-refractivity contribution in [1.29, 1.82) is 0 Å². The Balaban J connectivity index is 2.13. The van der Waals surface area contributed by atoms with Crippen molar-refractivity contribution in [2.24, 2.45) is 0 Å². The molecule has 1 fully saturated rings. The van der Waals surface area contributed by atoms with Crippen LogP contribution in [0.1, 0.15) is 0 Å². The molecule has 1 aliphatic rings. The van der Waals surface area contributed by atoms with Crippen molar-refractivity contribution in [2.75, 3.05) is 31.2 Å². The lowest BCUT2D eigenvalue weighted by atomic mass is 10.3. The fourth-order valence-electron chi connectivity index (χ4n) is 1.92. The Bertz CT molecular complexity index is 542. The SMILES string of the molecule is Clc1nc(N2CCOCC2)c2ncccc2n1. The predicted molar refractivity (Wildman–Crippen MR) is 65.4 cm³/mol. The highest BCUT2D eigenvalue weighted by Crippen LogP contribution is 2.23. The molecule has 88 valence electrons. The zero-order valence-electron chi connectivity index (χ0n) is 9.14. The van der Waals surface area contributed by atoms with Crippen LogP contribution in [0.4, 0.5) is 5.82 Å². The van der Waals surface area contributed by atoms with Gasteiger partial charge in [-0.05, 0) is 23.7 Å². The average molecular weight is 251 g/mol. The second-order valence-corrected chi connectivity index (χ2v) is 4.12. The first-order chi connectivity index (χ1) is 8.34. The van der Waals surface area contributed by atoms with Crippen LogP contribution < -0.4 is 4.90 Å². The fourth-order valence-corrected chi connectivity index (χ4v) is 2.09. The molecule has 2 aromatic rings. The summed E-state index contributed by atoms with van der Waals surface area (Å²) in [5.74, 6) is 0.795. The van der Waals surface area contributed by atoms with Gasteiger partial charge in [0.1, 0.15) is 5.52 Å². The van der Waals surface area contributed by atoms with Gasteiger partial charge in [-0.1, -0.05) is 0 Å². The Kier molecular flexibility index (Phi) is 2.78. The molecule has 1 saturated heterocycles. The van der Waals surface area contributed by atoms with Gasteiger partial charge in [0.15, 0.2) is 5.82 Å². The van der Waals surface area contributed by atoms with Crippen LogP contribution in [0.25, 0.3) is 11.0 Å². The van der Waals surface area contributed by atoms with Crippen molar-refractivity contribution in [3.63, 3.8) is 0 Å². The summed E-state index contributed by atoms with van der Waals surface area (Å²) in [6.45, 7) is 3.02. The summed E-state index contributed by atoms with van der Waals surface area (Å²) in [6.07, 6.45) is 1.74. The van der Waals surface area contributed by atoms with E-state index in [1.165, 1.54) is 0 Å². The summed E-state index contributed by atoms with van der Waals surface area (Å²) in [5.41, 5.74) is 1.56. The van der Waals surface area contributed by atoms with Gasteiger partial charge >= 0.3 is 0 Å². The Morgan fingerprint density at radius 2 is 2.06 bits per heavy atom. The Morgan fingerprint density at radius 1 is 1.24 bits per heavy atom. The van der Waals surface area contributed by atoms with Crippen LogP contribution in [0.2, 0.25) is 5.28 Å². The van der Waals surface area contributed by atoms with Crippen LogP contribution in [0, 0.1) is 0 Å². The van der Waals surface area contributed by atoms with Gasteiger partial charge in [0.05, 0.1) is 18.7 Å². The maximum absolute atomic E-state index is 5.94. The van der Waals surface area contributed by atoms with Gasteiger partial charge in [-0.25, -0.2) is 4.98 Å². The van der Waals surface area contributed by atoms with Crippen LogP contribution >= 0.6 is 11.6 Å². The molecule has 0 N–H and O–H groups in total. The van der Waals surface area contributed by atoms with Gasteiger partial charge in [-0.15, -0.1) is 0 Å². The van der Waals surface area contributed by atoms with Crippen molar-refractivity contribution in [1.82, 2.24) is 15.0 Å². The third kappa shape index (κ3) is 2.03. The van der Waals surface area contributed by atoms with E-state index in [-0.39, 0.29) is 5.28 Å². The van der Waals surface area contributed by atoms with Crippen molar-refractivity contribution in [3.05, 3.63) is 23.6 Å². The van der Waals surface area contributed by atoms with Crippen LogP contribution in [0.5, 0.6) is 0 Å². The minimum absolute atomic E-state index is 0.256. The molecule has 6 heteroatoms. The number of aromatic nitrogens is 3. The number of anilines is 1. The zero-order valence-corrected chi connectivity index (χ0v) is 9.89. The zero-order chi connectivity index (χ0) is 11.7. The lowest BCUT2D eigenvalue weighted by Gasteiger charge is -2.28. The van der Waals surface area contributed by atoms with Gasteiger partial charge in [-0.3, -0.25) is 4.98 Å². The topological polar surface area (TPSA) is 51.1 Å². The molecule has 0 bridgehead atoms. The van der Waals surface area contributed by atoms with Gasteiger partial charge in [0.25, 0.3) is 0 Å². The molecule has 0 aliphatic carbocycles. The standard InChI is InChI=1S/C11H11ClN4O/c12-11-14-8-2-1-3-13-9(8)10(15-11)16-4-6-17-7-5-16/h1-3H,4-7H2. The first-order valence-corrected chi connectivity index (χ1v) is 5.83. The van der Waals surface area contributed by atoms with E-state index in [0.29, 0.717) is 13.2 Å². The minimum Gasteiger partial charge on any atom is -0.378 e. The molecule has 0 aromatic carbocycles. The van der Waals surface area contributed by atoms with E-state index in [1.54, 1.807) is 6.20 Å². The summed E-state index contributed by atoms with van der Waals surface area (Å²) >= 11 is 5.94. The Hall–Kier alpha value is -1.46. The largest absolute Gasteiger partial charge is 0.378 e. The van der Waals surface area contributed by atoms with E-state index >= 15 is 0 Å². The molecule has 0 amide bonds. The highest BCUT2D eigenvalue weighted by molar-refractivity contribution is 6.28. The van der Waals surface area contributed by atoms with Crippen molar-refractivity contribution in [3.8, 4) is 0 Å². The number of morpholine rings is 1. The third-order valence-corrected chi connectivity index (χ3v) is 2.89. The number of fused-ring (bicyclic) bond motifs is 1. The molecular weight excluding hydrogens is 240 g/mol. The monoisotopic (exact) mass is 250 g/mol. The van der Waals surface area contributed by atoms with E-state index in [1.807, 2.05) is 12.1 Å². The minimum atomic E-state index is 0.256. The summed E-state index contributed by atoms with van der Waals surface area (Å²) in [6, 6.07) is 3.73. The molecule has 1 aliphatic heterocycles. The molecule has 0 radical (unpaired) electrons. The van der Waals surface area contributed by atoms with Crippen molar-refractivity contribution < 1.29 is 4.74 Å². The molecule has 3 heterocycles. The number of hydrogen-bond donors (Lipinski definition) is 0. The molecule has 5 nitrogen and oxygen atoms in total.